The van der Waals surface area contributed by atoms with Crippen molar-refractivity contribution in [3.05, 3.63) is 98.4 Å². The monoisotopic (exact) mass is 417 g/mol. The number of nitrogens with zero attached hydrogens (tertiary/aromatic N) is 3. The number of benzene rings is 1. The number of aromatic nitrogens is 3. The molecule has 0 aliphatic carbocycles. The van der Waals surface area contributed by atoms with E-state index >= 15 is 0 Å². The molecule has 6 heteroatoms. The Morgan fingerprint density at radius 3 is 2.47 bits per heavy atom. The van der Waals surface area contributed by atoms with E-state index in [9.17, 15) is 9.59 Å². The number of carbonyl (C=O) groups is 1. The van der Waals surface area contributed by atoms with Crippen molar-refractivity contribution in [3.63, 3.8) is 0 Å². The predicted octanol–water partition coefficient (Wildman–Crippen LogP) is 4.63. The Morgan fingerprint density at radius 1 is 1.00 bits per heavy atom. The van der Waals surface area contributed by atoms with Gasteiger partial charge in [0.2, 0.25) is 0 Å². The molecule has 30 heavy (non-hydrogen) atoms. The van der Waals surface area contributed by atoms with E-state index in [1.807, 2.05) is 57.2 Å². The van der Waals surface area contributed by atoms with Crippen LogP contribution in [0.3, 0.4) is 0 Å². The van der Waals surface area contributed by atoms with Crippen LogP contribution in [0.25, 0.3) is 10.6 Å². The van der Waals surface area contributed by atoms with Crippen molar-refractivity contribution in [3.8, 4) is 10.6 Å². The Hall–Kier alpha value is -3.25. The minimum atomic E-state index is -0.279. The first-order valence-corrected chi connectivity index (χ1v) is 10.6. The average Bonchev–Trinajstić information content (AvgIpc) is 3.29. The lowest BCUT2D eigenvalue weighted by Crippen LogP contribution is -2.26. The standard InChI is InChI=1S/C24H23N3O2S/c1-16-13-20(18(3)26(16)14-19-7-5-4-6-8-19)22(28)15-27-24(29)12-10-21(25-27)23-11-9-17(2)30-23/h4-13H,14-15H2,1-3H3. The Morgan fingerprint density at radius 2 is 1.77 bits per heavy atom. The summed E-state index contributed by atoms with van der Waals surface area (Å²) in [5.74, 6) is -0.114. The lowest BCUT2D eigenvalue weighted by Gasteiger charge is -2.10. The molecule has 3 heterocycles. The molecule has 1 aromatic carbocycles. The molecule has 3 aromatic heterocycles. The van der Waals surface area contributed by atoms with E-state index in [0.717, 1.165) is 16.3 Å². The van der Waals surface area contributed by atoms with Crippen LogP contribution in [-0.4, -0.2) is 20.1 Å². The SMILES string of the molecule is Cc1ccc(-c2ccc(=O)n(CC(=O)c3cc(C)n(Cc4ccccc4)c3C)n2)s1. The number of thiophene rings is 1. The highest BCUT2D eigenvalue weighted by molar-refractivity contribution is 7.15. The van der Waals surface area contributed by atoms with Gasteiger partial charge in [-0.25, -0.2) is 4.68 Å². The minimum Gasteiger partial charge on any atom is -0.344 e. The topological polar surface area (TPSA) is 56.9 Å². The smallest absolute Gasteiger partial charge is 0.267 e. The molecule has 0 N–H and O–H groups in total. The summed E-state index contributed by atoms with van der Waals surface area (Å²) in [5.41, 5.74) is 4.15. The number of ketones is 1. The number of hydrogen-bond donors (Lipinski definition) is 0. The average molecular weight is 418 g/mol. The summed E-state index contributed by atoms with van der Waals surface area (Å²) in [7, 11) is 0. The van der Waals surface area contributed by atoms with E-state index in [1.54, 1.807) is 17.4 Å². The molecule has 0 unspecified atom stereocenters. The number of carbonyl (C=O) groups excluding carboxylic acids is 1. The molecule has 152 valence electrons. The van der Waals surface area contributed by atoms with Crippen molar-refractivity contribution in [1.82, 2.24) is 14.3 Å². The van der Waals surface area contributed by atoms with E-state index in [0.29, 0.717) is 17.8 Å². The summed E-state index contributed by atoms with van der Waals surface area (Å²) in [6.07, 6.45) is 0. The molecule has 5 nitrogen and oxygen atoms in total. The Kier molecular flexibility index (Phi) is 5.50. The van der Waals surface area contributed by atoms with Gasteiger partial charge in [-0.1, -0.05) is 30.3 Å². The second-order valence-electron chi connectivity index (χ2n) is 7.40. The van der Waals surface area contributed by atoms with Crippen molar-refractivity contribution in [1.29, 1.82) is 0 Å². The second-order valence-corrected chi connectivity index (χ2v) is 8.69. The molecule has 0 atom stereocenters. The van der Waals surface area contributed by atoms with E-state index < -0.39 is 0 Å². The van der Waals surface area contributed by atoms with Crippen LogP contribution in [0.2, 0.25) is 0 Å². The van der Waals surface area contributed by atoms with E-state index in [4.69, 9.17) is 0 Å². The first-order valence-electron chi connectivity index (χ1n) is 9.81. The first kappa shape index (κ1) is 20.0. The Labute approximate surface area is 179 Å². The van der Waals surface area contributed by atoms with Crippen molar-refractivity contribution in [2.75, 3.05) is 0 Å². The van der Waals surface area contributed by atoms with Crippen LogP contribution in [0.5, 0.6) is 0 Å². The summed E-state index contributed by atoms with van der Waals surface area (Å²) < 4.78 is 3.39. The van der Waals surface area contributed by atoms with Gasteiger partial charge in [-0.2, -0.15) is 5.10 Å². The zero-order valence-corrected chi connectivity index (χ0v) is 18.1. The molecule has 0 aliphatic rings. The van der Waals surface area contributed by atoms with Crippen LogP contribution in [0, 0.1) is 20.8 Å². The lowest BCUT2D eigenvalue weighted by atomic mass is 10.1. The van der Waals surface area contributed by atoms with E-state index in [-0.39, 0.29) is 17.9 Å². The largest absolute Gasteiger partial charge is 0.344 e. The van der Waals surface area contributed by atoms with Gasteiger partial charge in [-0.3, -0.25) is 9.59 Å². The molecule has 0 aliphatic heterocycles. The molecule has 0 saturated heterocycles. The van der Waals surface area contributed by atoms with Crippen LogP contribution in [-0.2, 0) is 13.1 Å². The van der Waals surface area contributed by atoms with Crippen LogP contribution in [0.15, 0.2) is 65.5 Å². The second kappa shape index (κ2) is 8.24. The van der Waals surface area contributed by atoms with Crippen LogP contribution >= 0.6 is 11.3 Å². The summed E-state index contributed by atoms with van der Waals surface area (Å²) in [6.45, 7) is 6.60. The van der Waals surface area contributed by atoms with Gasteiger partial charge in [-0.05, 0) is 50.6 Å². The zero-order valence-electron chi connectivity index (χ0n) is 17.3. The minimum absolute atomic E-state index is 0.0767. The number of rotatable bonds is 6. The molecule has 0 saturated carbocycles. The maximum Gasteiger partial charge on any atom is 0.267 e. The molecular formula is C24H23N3O2S. The predicted molar refractivity (Wildman–Crippen MR) is 120 cm³/mol. The third-order valence-electron chi connectivity index (χ3n) is 5.21. The fourth-order valence-corrected chi connectivity index (χ4v) is 4.41. The van der Waals surface area contributed by atoms with Gasteiger partial charge in [-0.15, -0.1) is 11.3 Å². The fraction of sp³-hybridized carbons (Fsp3) is 0.208. The van der Waals surface area contributed by atoms with Gasteiger partial charge in [0.05, 0.1) is 4.88 Å². The van der Waals surface area contributed by atoms with Crippen molar-refractivity contribution >= 4 is 17.1 Å². The number of Topliss-reactive ketones (excluding diaryl/α,β-unsaturated/α-hetero) is 1. The van der Waals surface area contributed by atoms with Gasteiger partial charge in [0.1, 0.15) is 12.2 Å². The zero-order chi connectivity index (χ0) is 21.3. The summed E-state index contributed by atoms with van der Waals surface area (Å²) >= 11 is 1.61. The number of hydrogen-bond acceptors (Lipinski definition) is 4. The quantitative estimate of drug-likeness (QED) is 0.430. The summed E-state index contributed by atoms with van der Waals surface area (Å²) in [4.78, 5) is 27.5. The highest BCUT2D eigenvalue weighted by Gasteiger charge is 2.17. The van der Waals surface area contributed by atoms with E-state index in [2.05, 4.69) is 21.8 Å². The van der Waals surface area contributed by atoms with Gasteiger partial charge in [0, 0.05) is 34.4 Å². The molecule has 4 rings (SSSR count). The fourth-order valence-electron chi connectivity index (χ4n) is 3.58. The van der Waals surface area contributed by atoms with E-state index in [1.165, 1.54) is 21.2 Å². The Balaban J connectivity index is 1.60. The van der Waals surface area contributed by atoms with Crippen molar-refractivity contribution < 1.29 is 4.79 Å². The lowest BCUT2D eigenvalue weighted by molar-refractivity contribution is 0.0965. The third kappa shape index (κ3) is 4.04. The summed E-state index contributed by atoms with van der Waals surface area (Å²) in [6, 6.07) is 19.2. The molecule has 0 amide bonds. The van der Waals surface area contributed by atoms with Gasteiger partial charge >= 0.3 is 0 Å². The van der Waals surface area contributed by atoms with Crippen molar-refractivity contribution in [2.24, 2.45) is 0 Å². The highest BCUT2D eigenvalue weighted by Crippen LogP contribution is 2.25. The van der Waals surface area contributed by atoms with Crippen LogP contribution in [0.1, 0.15) is 32.2 Å². The van der Waals surface area contributed by atoms with Crippen LogP contribution in [0.4, 0.5) is 0 Å². The van der Waals surface area contributed by atoms with Gasteiger partial charge < -0.3 is 4.57 Å². The normalized spacial score (nSPS) is 11.0. The maximum atomic E-state index is 13.0. The van der Waals surface area contributed by atoms with Crippen molar-refractivity contribution in [2.45, 2.75) is 33.9 Å². The highest BCUT2D eigenvalue weighted by atomic mass is 32.1. The van der Waals surface area contributed by atoms with Gasteiger partial charge in [0.15, 0.2) is 5.78 Å². The molecule has 4 aromatic rings. The molecule has 0 fully saturated rings. The molecular weight excluding hydrogens is 394 g/mol. The molecule has 0 radical (unpaired) electrons. The van der Waals surface area contributed by atoms with Gasteiger partial charge in [0.25, 0.3) is 5.56 Å². The molecule has 0 bridgehead atoms. The summed E-state index contributed by atoms with van der Waals surface area (Å²) in [5, 5.41) is 4.43. The Bertz CT molecular complexity index is 1270. The first-order chi connectivity index (χ1) is 14.4. The number of aryl methyl sites for hydroxylation is 2. The molecule has 0 spiro atoms. The third-order valence-corrected chi connectivity index (χ3v) is 6.23. The van der Waals surface area contributed by atoms with Crippen LogP contribution < -0.4 is 5.56 Å². The maximum absolute atomic E-state index is 13.0.